The van der Waals surface area contributed by atoms with Gasteiger partial charge in [-0.3, -0.25) is 9.91 Å². The lowest BCUT2D eigenvalue weighted by Crippen LogP contribution is -2.59. The molecule has 1 aliphatic rings. The molecule has 0 radical (unpaired) electrons. The summed E-state index contributed by atoms with van der Waals surface area (Å²) < 4.78 is 10.1. The number of likely N-dealkylation sites (N-methyl/N-ethyl adjacent to an activating group) is 1. The highest BCUT2D eigenvalue weighted by molar-refractivity contribution is 5.92. The minimum atomic E-state index is -0.822. The molecule has 2 atom stereocenters. The van der Waals surface area contributed by atoms with Crippen LogP contribution in [0.3, 0.4) is 0 Å². The van der Waals surface area contributed by atoms with Crippen LogP contribution in [-0.2, 0) is 20.9 Å². The van der Waals surface area contributed by atoms with E-state index < -0.39 is 30.3 Å². The fourth-order valence-corrected chi connectivity index (χ4v) is 3.07. The molecular formula is C18H25N5O5. The number of primary amides is 1. The van der Waals surface area contributed by atoms with Crippen molar-refractivity contribution in [3.8, 4) is 0 Å². The van der Waals surface area contributed by atoms with Gasteiger partial charge in [0.25, 0.3) is 0 Å². The van der Waals surface area contributed by atoms with Gasteiger partial charge in [-0.05, 0) is 26.6 Å². The third-order valence-electron chi connectivity index (χ3n) is 4.28. The van der Waals surface area contributed by atoms with E-state index in [1.54, 1.807) is 25.9 Å². The van der Waals surface area contributed by atoms with Gasteiger partial charge in [0.05, 0.1) is 12.7 Å². The van der Waals surface area contributed by atoms with Gasteiger partial charge < -0.3 is 20.5 Å². The number of rotatable bonds is 6. The van der Waals surface area contributed by atoms with Crippen LogP contribution in [0.15, 0.2) is 41.6 Å². The van der Waals surface area contributed by atoms with E-state index in [9.17, 15) is 14.4 Å². The van der Waals surface area contributed by atoms with Crippen LogP contribution < -0.4 is 16.5 Å². The number of benzene rings is 1. The van der Waals surface area contributed by atoms with E-state index in [2.05, 4.69) is 10.7 Å². The number of allylic oxidation sites excluding steroid dienone is 1. The standard InChI is InChI=1S/C18H25N5O5/c1-11-13(16(24)27-4)14(15(22(2)3)23(11)21-17(19)25)20-18(26)28-10-12-8-6-5-7-9-12/h5-9,14-15H,10H2,1-4H3,(H,20,26)(H3,19,21,25)/t14-,15-/m1/s1. The van der Waals surface area contributed by atoms with E-state index >= 15 is 0 Å². The van der Waals surface area contributed by atoms with E-state index in [0.29, 0.717) is 5.70 Å². The van der Waals surface area contributed by atoms with E-state index in [1.807, 2.05) is 30.3 Å². The van der Waals surface area contributed by atoms with Crippen molar-refractivity contribution in [3.63, 3.8) is 0 Å². The molecule has 10 nitrogen and oxygen atoms in total. The van der Waals surface area contributed by atoms with Crippen LogP contribution in [0, 0.1) is 0 Å². The Labute approximate surface area is 163 Å². The number of esters is 1. The summed E-state index contributed by atoms with van der Waals surface area (Å²) >= 11 is 0. The smallest absolute Gasteiger partial charge is 0.408 e. The molecule has 0 aromatic heterocycles. The van der Waals surface area contributed by atoms with Gasteiger partial charge in [0.15, 0.2) is 0 Å². The van der Waals surface area contributed by atoms with Crippen molar-refractivity contribution < 1.29 is 23.9 Å². The number of nitrogens with one attached hydrogen (secondary N) is 2. The number of hydrogen-bond donors (Lipinski definition) is 3. The van der Waals surface area contributed by atoms with Crippen molar-refractivity contribution in [2.24, 2.45) is 5.73 Å². The molecule has 0 fully saturated rings. The van der Waals surface area contributed by atoms with Crippen LogP contribution in [0.1, 0.15) is 12.5 Å². The Morgan fingerprint density at radius 3 is 2.39 bits per heavy atom. The molecule has 2 rings (SSSR count). The second kappa shape index (κ2) is 9.09. The number of hydrazine groups is 1. The number of hydrogen-bond acceptors (Lipinski definition) is 7. The number of nitrogens with two attached hydrogens (primary N) is 1. The van der Waals surface area contributed by atoms with E-state index in [-0.39, 0.29) is 12.2 Å². The summed E-state index contributed by atoms with van der Waals surface area (Å²) in [4.78, 5) is 37.8. The molecule has 10 heteroatoms. The number of urea groups is 1. The van der Waals surface area contributed by atoms with E-state index in [0.717, 1.165) is 5.56 Å². The second-order valence-electron chi connectivity index (χ2n) is 6.40. The third kappa shape index (κ3) is 4.71. The average Bonchev–Trinajstić information content (AvgIpc) is 2.91. The lowest BCUT2D eigenvalue weighted by atomic mass is 10.1. The number of carbonyl (C=O) groups excluding carboxylic acids is 3. The first kappa shape index (κ1) is 21.0. The number of amides is 3. The van der Waals surface area contributed by atoms with Crippen LogP contribution in [-0.4, -0.2) is 61.4 Å². The molecule has 4 N–H and O–H groups in total. The molecule has 1 aromatic carbocycles. The van der Waals surface area contributed by atoms with Crippen LogP contribution in [0.4, 0.5) is 9.59 Å². The molecule has 0 saturated carbocycles. The largest absolute Gasteiger partial charge is 0.466 e. The van der Waals surface area contributed by atoms with Crippen molar-refractivity contribution in [1.82, 2.24) is 20.7 Å². The van der Waals surface area contributed by atoms with Gasteiger partial charge in [0.1, 0.15) is 18.8 Å². The maximum atomic E-state index is 12.4. The summed E-state index contributed by atoms with van der Waals surface area (Å²) in [5, 5.41) is 4.10. The highest BCUT2D eigenvalue weighted by Gasteiger charge is 2.45. The van der Waals surface area contributed by atoms with Gasteiger partial charge in [0.2, 0.25) is 0 Å². The molecular weight excluding hydrogens is 366 g/mol. The Hall–Kier alpha value is -3.27. The lowest BCUT2D eigenvalue weighted by Gasteiger charge is -2.35. The Kier molecular flexibility index (Phi) is 6.83. The number of methoxy groups -OCH3 is 1. The number of nitrogens with zero attached hydrogens (tertiary/aromatic N) is 2. The minimum Gasteiger partial charge on any atom is -0.466 e. The molecule has 0 spiro atoms. The number of alkyl carbamates (subject to hydrolysis) is 1. The Balaban J connectivity index is 2.22. The van der Waals surface area contributed by atoms with Crippen molar-refractivity contribution in [2.75, 3.05) is 21.2 Å². The normalized spacial score (nSPS) is 18.8. The first-order chi connectivity index (χ1) is 13.3. The minimum absolute atomic E-state index is 0.0749. The topological polar surface area (TPSA) is 126 Å². The van der Waals surface area contributed by atoms with E-state index in [1.165, 1.54) is 12.1 Å². The third-order valence-corrected chi connectivity index (χ3v) is 4.28. The zero-order valence-corrected chi connectivity index (χ0v) is 16.3. The first-order valence-electron chi connectivity index (χ1n) is 8.54. The maximum Gasteiger partial charge on any atom is 0.408 e. The zero-order chi connectivity index (χ0) is 20.8. The highest BCUT2D eigenvalue weighted by atomic mass is 16.5. The highest BCUT2D eigenvalue weighted by Crippen LogP contribution is 2.29. The van der Waals surface area contributed by atoms with Crippen molar-refractivity contribution in [3.05, 3.63) is 47.2 Å². The van der Waals surface area contributed by atoms with Crippen molar-refractivity contribution in [2.45, 2.75) is 25.7 Å². The fraction of sp³-hybridized carbons (Fsp3) is 0.389. The molecule has 0 saturated heterocycles. The molecule has 1 aliphatic heterocycles. The van der Waals surface area contributed by atoms with Gasteiger partial charge in [0, 0.05) is 5.70 Å². The fourth-order valence-electron chi connectivity index (χ4n) is 3.07. The average molecular weight is 391 g/mol. The SMILES string of the molecule is COC(=O)C1=C(C)N(NC(N)=O)[C@@H](N(C)C)[C@@H]1NC(=O)OCc1ccccc1. The van der Waals surface area contributed by atoms with E-state index in [4.69, 9.17) is 15.2 Å². The van der Waals surface area contributed by atoms with Gasteiger partial charge in [-0.2, -0.15) is 0 Å². The number of carbonyl (C=O) groups is 3. The second-order valence-corrected chi connectivity index (χ2v) is 6.40. The summed E-state index contributed by atoms with van der Waals surface area (Å²) in [5.41, 5.74) is 9.13. The molecule has 28 heavy (non-hydrogen) atoms. The summed E-state index contributed by atoms with van der Waals surface area (Å²) in [6.07, 6.45) is -1.33. The molecule has 152 valence electrons. The van der Waals surface area contributed by atoms with Gasteiger partial charge in [-0.25, -0.2) is 19.8 Å². The predicted octanol–water partition coefficient (Wildman–Crippen LogP) is 0.515. The molecule has 0 unspecified atom stereocenters. The maximum absolute atomic E-state index is 12.4. The van der Waals surface area contributed by atoms with Crippen LogP contribution in [0.2, 0.25) is 0 Å². The molecule has 0 aliphatic carbocycles. The van der Waals surface area contributed by atoms with Crippen molar-refractivity contribution in [1.29, 1.82) is 0 Å². The summed E-state index contributed by atoms with van der Waals surface area (Å²) in [6, 6.07) is 7.57. The van der Waals surface area contributed by atoms with Gasteiger partial charge in [-0.1, -0.05) is 30.3 Å². The lowest BCUT2D eigenvalue weighted by molar-refractivity contribution is -0.136. The van der Waals surface area contributed by atoms with Gasteiger partial charge >= 0.3 is 18.1 Å². The summed E-state index contributed by atoms with van der Waals surface area (Å²) in [5.74, 6) is -0.633. The van der Waals surface area contributed by atoms with Crippen LogP contribution in [0.5, 0.6) is 0 Å². The summed E-state index contributed by atoms with van der Waals surface area (Å²) in [7, 11) is 4.71. The molecule has 0 bridgehead atoms. The quantitative estimate of drug-likeness (QED) is 0.603. The molecule has 1 aromatic rings. The number of ether oxygens (including phenoxy) is 2. The van der Waals surface area contributed by atoms with Gasteiger partial charge in [-0.15, -0.1) is 0 Å². The Bertz CT molecular complexity index is 765. The Morgan fingerprint density at radius 2 is 1.86 bits per heavy atom. The Morgan fingerprint density at radius 1 is 1.21 bits per heavy atom. The first-order valence-corrected chi connectivity index (χ1v) is 8.54. The van der Waals surface area contributed by atoms with Crippen molar-refractivity contribution >= 4 is 18.1 Å². The van der Waals surface area contributed by atoms with Crippen LogP contribution >= 0.6 is 0 Å². The van der Waals surface area contributed by atoms with Crippen LogP contribution in [0.25, 0.3) is 0 Å². The zero-order valence-electron chi connectivity index (χ0n) is 16.3. The predicted molar refractivity (Wildman–Crippen MR) is 100 cm³/mol. The molecule has 3 amide bonds. The molecule has 1 heterocycles. The summed E-state index contributed by atoms with van der Waals surface area (Å²) in [6.45, 7) is 1.70. The monoisotopic (exact) mass is 391 g/mol.